The van der Waals surface area contributed by atoms with Gasteiger partial charge in [-0.2, -0.15) is 0 Å². The molecule has 0 aliphatic rings. The average Bonchev–Trinajstić information content (AvgIpc) is 3.14. The lowest BCUT2D eigenvalue weighted by atomic mass is 10.1. The smallest absolute Gasteiger partial charge is 0.273 e. The van der Waals surface area contributed by atoms with Gasteiger partial charge in [-0.05, 0) is 45.2 Å². The molecule has 1 N–H and O–H groups in total. The van der Waals surface area contributed by atoms with Gasteiger partial charge in [0, 0.05) is 17.6 Å². The number of benzene rings is 1. The van der Waals surface area contributed by atoms with Crippen LogP contribution < -0.4 is 5.32 Å². The Hall–Kier alpha value is -2.63. The Morgan fingerprint density at radius 2 is 1.89 bits per heavy atom. The predicted octanol–water partition coefficient (Wildman–Crippen LogP) is 3.95. The normalized spacial score (nSPS) is 13.1. The fraction of sp³-hybridized carbons (Fsp3) is 0.476. The summed E-state index contributed by atoms with van der Waals surface area (Å²) < 4.78 is 5.48. The Morgan fingerprint density at radius 3 is 2.52 bits per heavy atom. The molecule has 0 fully saturated rings. The number of carbonyl (C=O) groups excluding carboxylic acids is 2. The van der Waals surface area contributed by atoms with Gasteiger partial charge in [-0.25, -0.2) is 4.98 Å². The standard InChI is InChI=1S/C21H29N3O3/c1-6-15(4)22-20(25)18-13-27-19(23-18)12-24(16(5)7-2)21(26)17-11-9-8-10-14(17)3/h8-11,13,15-16H,6-7,12H2,1-5H3,(H,22,25)/t15-,16+/m0/s1. The van der Waals surface area contributed by atoms with Crippen molar-refractivity contribution in [2.75, 3.05) is 0 Å². The van der Waals surface area contributed by atoms with Crippen LogP contribution in [0.5, 0.6) is 0 Å². The lowest BCUT2D eigenvalue weighted by Gasteiger charge is -2.28. The van der Waals surface area contributed by atoms with Gasteiger partial charge in [0.1, 0.15) is 6.26 Å². The van der Waals surface area contributed by atoms with Crippen molar-refractivity contribution in [1.29, 1.82) is 0 Å². The summed E-state index contributed by atoms with van der Waals surface area (Å²) >= 11 is 0. The monoisotopic (exact) mass is 371 g/mol. The van der Waals surface area contributed by atoms with E-state index in [4.69, 9.17) is 4.42 Å². The van der Waals surface area contributed by atoms with E-state index in [0.717, 1.165) is 18.4 Å². The van der Waals surface area contributed by atoms with Crippen molar-refractivity contribution in [3.8, 4) is 0 Å². The van der Waals surface area contributed by atoms with Crippen molar-refractivity contribution in [1.82, 2.24) is 15.2 Å². The molecule has 0 aliphatic heterocycles. The van der Waals surface area contributed by atoms with Gasteiger partial charge in [-0.15, -0.1) is 0 Å². The molecular weight excluding hydrogens is 342 g/mol. The number of nitrogens with zero attached hydrogens (tertiary/aromatic N) is 2. The molecule has 0 aliphatic carbocycles. The van der Waals surface area contributed by atoms with Gasteiger partial charge in [0.25, 0.3) is 11.8 Å². The summed E-state index contributed by atoms with van der Waals surface area (Å²) in [5.74, 6) is 0.0254. The molecule has 6 nitrogen and oxygen atoms in total. The van der Waals surface area contributed by atoms with Crippen molar-refractivity contribution >= 4 is 11.8 Å². The van der Waals surface area contributed by atoms with Crippen LogP contribution in [0.2, 0.25) is 0 Å². The first kappa shape index (κ1) is 20.7. The molecule has 2 aromatic rings. The van der Waals surface area contributed by atoms with Crippen LogP contribution >= 0.6 is 0 Å². The molecular formula is C21H29N3O3. The molecule has 1 aromatic heterocycles. The highest BCUT2D eigenvalue weighted by atomic mass is 16.3. The van der Waals surface area contributed by atoms with Crippen LogP contribution in [0.3, 0.4) is 0 Å². The summed E-state index contributed by atoms with van der Waals surface area (Å²) in [6.45, 7) is 10.1. The number of hydrogen-bond acceptors (Lipinski definition) is 4. The topological polar surface area (TPSA) is 75.4 Å². The van der Waals surface area contributed by atoms with Gasteiger partial charge in [0.2, 0.25) is 5.89 Å². The zero-order valence-electron chi connectivity index (χ0n) is 16.8. The van der Waals surface area contributed by atoms with Crippen LogP contribution in [0.4, 0.5) is 0 Å². The van der Waals surface area contributed by atoms with Crippen LogP contribution in [-0.4, -0.2) is 33.8 Å². The van der Waals surface area contributed by atoms with Crippen molar-refractivity contribution < 1.29 is 14.0 Å². The van der Waals surface area contributed by atoms with Gasteiger partial charge in [-0.3, -0.25) is 9.59 Å². The van der Waals surface area contributed by atoms with Crippen molar-refractivity contribution in [3.63, 3.8) is 0 Å². The van der Waals surface area contributed by atoms with Crippen molar-refractivity contribution in [3.05, 3.63) is 53.2 Å². The number of aromatic nitrogens is 1. The molecule has 0 radical (unpaired) electrons. The zero-order chi connectivity index (χ0) is 20.0. The molecule has 1 heterocycles. The highest BCUT2D eigenvalue weighted by Crippen LogP contribution is 2.17. The maximum absolute atomic E-state index is 13.1. The summed E-state index contributed by atoms with van der Waals surface area (Å²) in [4.78, 5) is 31.3. The Balaban J connectivity index is 2.19. The highest BCUT2D eigenvalue weighted by Gasteiger charge is 2.24. The molecule has 0 bridgehead atoms. The first-order chi connectivity index (χ1) is 12.9. The van der Waals surface area contributed by atoms with Crippen LogP contribution in [0, 0.1) is 6.92 Å². The summed E-state index contributed by atoms with van der Waals surface area (Å²) in [6.07, 6.45) is 2.99. The summed E-state index contributed by atoms with van der Waals surface area (Å²) in [7, 11) is 0. The van der Waals surface area contributed by atoms with E-state index in [1.807, 2.05) is 58.9 Å². The third kappa shape index (κ3) is 5.18. The van der Waals surface area contributed by atoms with E-state index in [0.29, 0.717) is 11.5 Å². The Labute approximate surface area is 161 Å². The second-order valence-electron chi connectivity index (χ2n) is 6.91. The summed E-state index contributed by atoms with van der Waals surface area (Å²) in [6, 6.07) is 7.60. The molecule has 0 saturated carbocycles. The molecule has 2 amide bonds. The minimum Gasteiger partial charge on any atom is -0.446 e. The number of rotatable bonds is 8. The van der Waals surface area contributed by atoms with E-state index in [1.165, 1.54) is 6.26 Å². The molecule has 2 rings (SSSR count). The van der Waals surface area contributed by atoms with Crippen LogP contribution in [0.1, 0.15) is 72.8 Å². The molecule has 2 atom stereocenters. The largest absolute Gasteiger partial charge is 0.446 e. The fourth-order valence-corrected chi connectivity index (χ4v) is 2.65. The maximum Gasteiger partial charge on any atom is 0.273 e. The first-order valence-corrected chi connectivity index (χ1v) is 9.49. The molecule has 6 heteroatoms. The predicted molar refractivity (Wildman–Crippen MR) is 105 cm³/mol. The van der Waals surface area contributed by atoms with Crippen molar-refractivity contribution in [2.24, 2.45) is 0 Å². The summed E-state index contributed by atoms with van der Waals surface area (Å²) in [5.41, 5.74) is 1.83. The number of hydrogen-bond donors (Lipinski definition) is 1. The van der Waals surface area contributed by atoms with Crippen LogP contribution in [0.25, 0.3) is 0 Å². The van der Waals surface area contributed by atoms with E-state index in [2.05, 4.69) is 10.3 Å². The van der Waals surface area contributed by atoms with E-state index in [9.17, 15) is 9.59 Å². The second kappa shape index (κ2) is 9.35. The van der Waals surface area contributed by atoms with E-state index < -0.39 is 0 Å². The average molecular weight is 371 g/mol. The Kier molecular flexibility index (Phi) is 7.16. The molecule has 146 valence electrons. The number of oxazole rings is 1. The van der Waals surface area contributed by atoms with E-state index in [-0.39, 0.29) is 36.1 Å². The molecule has 0 spiro atoms. The first-order valence-electron chi connectivity index (χ1n) is 9.49. The van der Waals surface area contributed by atoms with Gasteiger partial charge >= 0.3 is 0 Å². The highest BCUT2D eigenvalue weighted by molar-refractivity contribution is 5.95. The Morgan fingerprint density at radius 1 is 1.19 bits per heavy atom. The van der Waals surface area contributed by atoms with Gasteiger partial charge in [0.05, 0.1) is 6.54 Å². The zero-order valence-corrected chi connectivity index (χ0v) is 16.8. The van der Waals surface area contributed by atoms with Gasteiger partial charge < -0.3 is 14.6 Å². The minimum atomic E-state index is -0.264. The quantitative estimate of drug-likeness (QED) is 0.762. The lowest BCUT2D eigenvalue weighted by molar-refractivity contribution is 0.0651. The van der Waals surface area contributed by atoms with E-state index >= 15 is 0 Å². The van der Waals surface area contributed by atoms with E-state index in [1.54, 1.807) is 4.90 Å². The molecule has 1 aromatic carbocycles. The second-order valence-corrected chi connectivity index (χ2v) is 6.91. The Bertz CT molecular complexity index is 784. The SMILES string of the molecule is CC[C@@H](C)N(Cc1nc(C(=O)N[C@@H](C)CC)co1)C(=O)c1ccccc1C. The minimum absolute atomic E-state index is 0.0152. The molecule has 0 unspecified atom stereocenters. The number of nitrogens with one attached hydrogen (secondary N) is 1. The molecule has 27 heavy (non-hydrogen) atoms. The maximum atomic E-state index is 13.1. The fourth-order valence-electron chi connectivity index (χ4n) is 2.65. The van der Waals surface area contributed by atoms with Gasteiger partial charge in [-0.1, -0.05) is 32.0 Å². The molecule has 0 saturated heterocycles. The number of amides is 2. The van der Waals surface area contributed by atoms with Crippen LogP contribution in [0.15, 0.2) is 34.9 Å². The van der Waals surface area contributed by atoms with Gasteiger partial charge in [0.15, 0.2) is 5.69 Å². The van der Waals surface area contributed by atoms with Crippen molar-refractivity contribution in [2.45, 2.75) is 66.1 Å². The summed E-state index contributed by atoms with van der Waals surface area (Å²) in [5, 5.41) is 2.86. The third-order valence-electron chi connectivity index (χ3n) is 4.84. The third-order valence-corrected chi connectivity index (χ3v) is 4.84. The lowest BCUT2D eigenvalue weighted by Crippen LogP contribution is -2.38. The number of aryl methyl sites for hydroxylation is 1. The van der Waals surface area contributed by atoms with Crippen LogP contribution in [-0.2, 0) is 6.54 Å². The number of carbonyl (C=O) groups is 2.